The number of phenolic OH excluding ortho intramolecular Hbond substituents is 1. The van der Waals surface area contributed by atoms with Crippen LogP contribution in [0.25, 0.3) is 0 Å². The molecule has 14 heavy (non-hydrogen) atoms. The van der Waals surface area contributed by atoms with Crippen molar-refractivity contribution in [2.45, 2.75) is 6.04 Å². The van der Waals surface area contributed by atoms with Crippen molar-refractivity contribution in [3.05, 3.63) is 29.1 Å². The Bertz CT molecular complexity index is 387. The van der Waals surface area contributed by atoms with Crippen LogP contribution in [0.3, 0.4) is 0 Å². The lowest BCUT2D eigenvalue weighted by Gasteiger charge is -2.11. The predicted molar refractivity (Wildman–Crippen MR) is 45.7 cm³/mol. The second kappa shape index (κ2) is 4.03. The monoisotopic (exact) mass is 198 g/mol. The molecule has 0 unspecified atom stereocenters. The summed E-state index contributed by atoms with van der Waals surface area (Å²) in [6, 6.07) is 2.61. The molecule has 0 amide bonds. The first kappa shape index (κ1) is 10.4. The van der Waals surface area contributed by atoms with Gasteiger partial charge in [-0.2, -0.15) is 5.26 Å². The number of nitrogens with two attached hydrogens (primary N) is 1. The molecule has 0 heterocycles. The van der Waals surface area contributed by atoms with Crippen LogP contribution in [0.4, 0.5) is 8.78 Å². The Kier molecular flexibility index (Phi) is 2.99. The van der Waals surface area contributed by atoms with E-state index in [1.165, 1.54) is 0 Å². The number of phenols is 1. The summed E-state index contributed by atoms with van der Waals surface area (Å²) in [7, 11) is 0. The van der Waals surface area contributed by atoms with Gasteiger partial charge in [0.2, 0.25) is 0 Å². The van der Waals surface area contributed by atoms with E-state index >= 15 is 0 Å². The lowest BCUT2D eigenvalue weighted by atomic mass is 10.0. The number of benzene rings is 1. The summed E-state index contributed by atoms with van der Waals surface area (Å²) in [6.07, 6.45) is 0. The maximum atomic E-state index is 12.9. The van der Waals surface area contributed by atoms with Crippen molar-refractivity contribution in [1.82, 2.24) is 0 Å². The molecule has 0 aliphatic carbocycles. The smallest absolute Gasteiger partial charge is 0.165 e. The first-order valence-corrected chi connectivity index (χ1v) is 3.84. The molecule has 3 N–H and O–H groups in total. The molecule has 74 valence electrons. The van der Waals surface area contributed by atoms with Crippen LogP contribution >= 0.6 is 0 Å². The number of nitriles is 1. The van der Waals surface area contributed by atoms with Gasteiger partial charge in [-0.1, -0.05) is 0 Å². The lowest BCUT2D eigenvalue weighted by molar-refractivity contribution is 0.395. The number of aromatic hydroxyl groups is 1. The number of halogens is 2. The van der Waals surface area contributed by atoms with E-state index in [1.54, 1.807) is 6.07 Å². The number of nitrogens with zero attached hydrogens (tertiary/aromatic N) is 1. The summed E-state index contributed by atoms with van der Waals surface area (Å²) in [6.45, 7) is -0.967. The second-order valence-corrected chi connectivity index (χ2v) is 2.73. The average molecular weight is 198 g/mol. The molecule has 0 radical (unpaired) electrons. The van der Waals surface area contributed by atoms with E-state index in [1.807, 2.05) is 0 Å². The third-order valence-electron chi connectivity index (χ3n) is 1.83. The Labute approximate surface area is 79.4 Å². The van der Waals surface area contributed by atoms with Crippen molar-refractivity contribution in [2.24, 2.45) is 5.73 Å². The third-order valence-corrected chi connectivity index (χ3v) is 1.83. The molecular formula is C9H8F2N2O. The molecule has 5 heteroatoms. The van der Waals surface area contributed by atoms with E-state index in [2.05, 4.69) is 0 Å². The third kappa shape index (κ3) is 1.65. The van der Waals surface area contributed by atoms with E-state index in [-0.39, 0.29) is 11.1 Å². The SMILES string of the molecule is N#Cc1ccc(F)c(O)c1[C@H](N)CF. The fourth-order valence-electron chi connectivity index (χ4n) is 1.13. The van der Waals surface area contributed by atoms with Gasteiger partial charge in [-0.15, -0.1) is 0 Å². The van der Waals surface area contributed by atoms with Crippen molar-refractivity contribution in [3.63, 3.8) is 0 Å². The first-order valence-electron chi connectivity index (χ1n) is 3.84. The van der Waals surface area contributed by atoms with E-state index in [9.17, 15) is 13.9 Å². The van der Waals surface area contributed by atoms with Crippen LogP contribution in [0, 0.1) is 17.1 Å². The molecule has 0 bridgehead atoms. The number of alkyl halides is 1. The van der Waals surface area contributed by atoms with E-state index in [0.29, 0.717) is 0 Å². The highest BCUT2D eigenvalue weighted by Crippen LogP contribution is 2.29. The topological polar surface area (TPSA) is 70.0 Å². The summed E-state index contributed by atoms with van der Waals surface area (Å²) >= 11 is 0. The predicted octanol–water partition coefficient (Wildman–Crippen LogP) is 1.37. The highest BCUT2D eigenvalue weighted by Gasteiger charge is 2.18. The maximum Gasteiger partial charge on any atom is 0.165 e. The van der Waals surface area contributed by atoms with Crippen LogP contribution in [0.15, 0.2) is 12.1 Å². The van der Waals surface area contributed by atoms with E-state index in [4.69, 9.17) is 11.0 Å². The average Bonchev–Trinajstić information content (AvgIpc) is 2.20. The molecule has 0 aliphatic rings. The summed E-state index contributed by atoms with van der Waals surface area (Å²) < 4.78 is 25.1. The van der Waals surface area contributed by atoms with Crippen LogP contribution in [0.1, 0.15) is 17.2 Å². The quantitative estimate of drug-likeness (QED) is 0.753. The maximum absolute atomic E-state index is 12.9. The zero-order valence-corrected chi connectivity index (χ0v) is 7.17. The summed E-state index contributed by atoms with van der Waals surface area (Å²) in [5.41, 5.74) is 5.08. The van der Waals surface area contributed by atoms with Gasteiger partial charge in [-0.3, -0.25) is 0 Å². The van der Waals surface area contributed by atoms with Crippen molar-refractivity contribution < 1.29 is 13.9 Å². The largest absolute Gasteiger partial charge is 0.505 e. The number of hydrogen-bond acceptors (Lipinski definition) is 3. The minimum atomic E-state index is -1.18. The summed E-state index contributed by atoms with van der Waals surface area (Å²) in [5.74, 6) is -1.67. The molecule has 1 aromatic rings. The van der Waals surface area contributed by atoms with Crippen molar-refractivity contribution in [2.75, 3.05) is 6.67 Å². The van der Waals surface area contributed by atoms with Crippen LogP contribution in [-0.4, -0.2) is 11.8 Å². The van der Waals surface area contributed by atoms with Gasteiger partial charge in [0, 0.05) is 5.56 Å². The second-order valence-electron chi connectivity index (χ2n) is 2.73. The van der Waals surface area contributed by atoms with Gasteiger partial charge in [0.1, 0.15) is 6.67 Å². The molecule has 3 nitrogen and oxygen atoms in total. The van der Waals surface area contributed by atoms with Gasteiger partial charge < -0.3 is 10.8 Å². The first-order chi connectivity index (χ1) is 6.61. The standard InChI is InChI=1S/C9H8F2N2O/c10-3-7(13)8-5(4-12)1-2-6(11)9(8)14/h1-2,7,14H,3,13H2/t7-/m1/s1. The lowest BCUT2D eigenvalue weighted by Crippen LogP contribution is -2.14. The Morgan fingerprint density at radius 1 is 1.57 bits per heavy atom. The van der Waals surface area contributed by atoms with Gasteiger partial charge in [0.05, 0.1) is 17.7 Å². The minimum absolute atomic E-state index is 0.0194. The fraction of sp³-hybridized carbons (Fsp3) is 0.222. The van der Waals surface area contributed by atoms with Gasteiger partial charge in [-0.25, -0.2) is 8.78 Å². The van der Waals surface area contributed by atoms with Crippen LogP contribution in [-0.2, 0) is 0 Å². The zero-order valence-electron chi connectivity index (χ0n) is 7.17. The number of rotatable bonds is 2. The summed E-state index contributed by atoms with van der Waals surface area (Å²) in [4.78, 5) is 0. The Balaban J connectivity index is 3.37. The van der Waals surface area contributed by atoms with Crippen molar-refractivity contribution >= 4 is 0 Å². The van der Waals surface area contributed by atoms with Crippen LogP contribution in [0.5, 0.6) is 5.75 Å². The normalized spacial score (nSPS) is 12.1. The Morgan fingerprint density at radius 2 is 2.21 bits per heavy atom. The molecule has 1 atom stereocenters. The Hall–Kier alpha value is -1.67. The van der Waals surface area contributed by atoms with E-state index < -0.39 is 24.3 Å². The Morgan fingerprint density at radius 3 is 2.71 bits per heavy atom. The van der Waals surface area contributed by atoms with Gasteiger partial charge >= 0.3 is 0 Å². The molecule has 0 aliphatic heterocycles. The van der Waals surface area contributed by atoms with Crippen LogP contribution < -0.4 is 5.73 Å². The van der Waals surface area contributed by atoms with Crippen molar-refractivity contribution in [3.8, 4) is 11.8 Å². The minimum Gasteiger partial charge on any atom is -0.505 e. The zero-order chi connectivity index (χ0) is 10.7. The molecule has 1 rings (SSSR count). The highest BCUT2D eigenvalue weighted by molar-refractivity contribution is 5.48. The number of hydrogen-bond donors (Lipinski definition) is 2. The molecule has 0 saturated heterocycles. The fourth-order valence-corrected chi connectivity index (χ4v) is 1.13. The molecule has 0 spiro atoms. The summed E-state index contributed by atoms with van der Waals surface area (Å²) in [5, 5.41) is 17.9. The highest BCUT2D eigenvalue weighted by atomic mass is 19.1. The molecule has 0 saturated carbocycles. The molecule has 0 aromatic heterocycles. The van der Waals surface area contributed by atoms with Crippen LogP contribution in [0.2, 0.25) is 0 Å². The molecular weight excluding hydrogens is 190 g/mol. The van der Waals surface area contributed by atoms with Gasteiger partial charge in [-0.05, 0) is 12.1 Å². The molecule has 1 aromatic carbocycles. The van der Waals surface area contributed by atoms with Gasteiger partial charge in [0.15, 0.2) is 11.6 Å². The van der Waals surface area contributed by atoms with E-state index in [0.717, 1.165) is 12.1 Å². The van der Waals surface area contributed by atoms with Crippen molar-refractivity contribution in [1.29, 1.82) is 5.26 Å². The van der Waals surface area contributed by atoms with Gasteiger partial charge in [0.25, 0.3) is 0 Å². The molecule has 0 fully saturated rings.